The third-order valence-electron chi connectivity index (χ3n) is 3.80. The second kappa shape index (κ2) is 5.70. The Morgan fingerprint density at radius 1 is 1.35 bits per heavy atom. The average molecular weight is 273 g/mol. The number of carboxylic acid groups (broad SMARTS) is 1. The topological polar surface area (TPSA) is 42.2 Å². The summed E-state index contributed by atoms with van der Waals surface area (Å²) in [5.74, 6) is -0.853. The first-order chi connectivity index (χ1) is 9.45. The van der Waals surface area contributed by atoms with Crippen molar-refractivity contribution in [1.29, 1.82) is 0 Å². The molecule has 3 heteroatoms. The van der Waals surface area contributed by atoms with Crippen LogP contribution in [0.2, 0.25) is 0 Å². The molecule has 0 unspecified atom stereocenters. The van der Waals surface area contributed by atoms with Crippen LogP contribution in [0, 0.1) is 6.92 Å². The van der Waals surface area contributed by atoms with Crippen LogP contribution >= 0.6 is 0 Å². The van der Waals surface area contributed by atoms with Crippen molar-refractivity contribution in [2.24, 2.45) is 0 Å². The van der Waals surface area contributed by atoms with Gasteiger partial charge in [0.2, 0.25) is 0 Å². The van der Waals surface area contributed by atoms with Gasteiger partial charge in [-0.1, -0.05) is 13.3 Å². The lowest BCUT2D eigenvalue weighted by molar-refractivity contribution is 0.0697. The fourth-order valence-corrected chi connectivity index (χ4v) is 2.77. The van der Waals surface area contributed by atoms with Crippen LogP contribution in [-0.2, 0) is 6.42 Å². The van der Waals surface area contributed by atoms with E-state index in [1.165, 1.54) is 11.1 Å². The van der Waals surface area contributed by atoms with Gasteiger partial charge in [0.1, 0.15) is 0 Å². The molecule has 1 heterocycles. The number of hydrogen-bond acceptors (Lipinski definition) is 1. The highest BCUT2D eigenvalue weighted by atomic mass is 16.4. The van der Waals surface area contributed by atoms with Gasteiger partial charge >= 0.3 is 5.97 Å². The molecule has 0 radical (unpaired) electrons. The van der Waals surface area contributed by atoms with Crippen LogP contribution in [-0.4, -0.2) is 15.6 Å². The third kappa shape index (κ3) is 2.58. The van der Waals surface area contributed by atoms with Gasteiger partial charge in [-0.15, -0.1) is 0 Å². The number of aromatic nitrogens is 1. The molecule has 0 atom stereocenters. The van der Waals surface area contributed by atoms with Crippen molar-refractivity contribution in [1.82, 2.24) is 4.57 Å². The SMILES string of the molecule is CCCCc1cn(C(C)C)c2c(C)cc(C(=O)O)cc12. The number of fused-ring (bicyclic) bond motifs is 1. The highest BCUT2D eigenvalue weighted by Gasteiger charge is 2.15. The van der Waals surface area contributed by atoms with Gasteiger partial charge in [0, 0.05) is 17.6 Å². The predicted molar refractivity (Wildman–Crippen MR) is 82.6 cm³/mol. The smallest absolute Gasteiger partial charge is 0.335 e. The number of carbonyl (C=O) groups is 1. The summed E-state index contributed by atoms with van der Waals surface area (Å²) < 4.78 is 2.27. The van der Waals surface area contributed by atoms with Gasteiger partial charge in [-0.2, -0.15) is 0 Å². The van der Waals surface area contributed by atoms with Crippen molar-refractivity contribution >= 4 is 16.9 Å². The van der Waals surface area contributed by atoms with E-state index in [1.54, 1.807) is 6.07 Å². The van der Waals surface area contributed by atoms with E-state index >= 15 is 0 Å². The van der Waals surface area contributed by atoms with Crippen LogP contribution in [0.1, 0.15) is 61.1 Å². The minimum atomic E-state index is -0.853. The van der Waals surface area contributed by atoms with E-state index in [2.05, 4.69) is 31.5 Å². The lowest BCUT2D eigenvalue weighted by atomic mass is 10.0. The van der Waals surface area contributed by atoms with Crippen molar-refractivity contribution in [3.63, 3.8) is 0 Å². The number of rotatable bonds is 5. The molecule has 2 rings (SSSR count). The average Bonchev–Trinajstić information content (AvgIpc) is 2.75. The largest absolute Gasteiger partial charge is 0.478 e. The zero-order chi connectivity index (χ0) is 14.9. The van der Waals surface area contributed by atoms with Crippen molar-refractivity contribution < 1.29 is 9.90 Å². The standard InChI is InChI=1S/C17H23NO2/c1-5-6-7-13-10-18(11(2)3)16-12(4)8-14(17(19)20)9-15(13)16/h8-11H,5-7H2,1-4H3,(H,19,20). The van der Waals surface area contributed by atoms with E-state index in [-0.39, 0.29) is 0 Å². The number of hydrogen-bond donors (Lipinski definition) is 1. The quantitative estimate of drug-likeness (QED) is 0.867. The molecule has 1 N–H and O–H groups in total. The molecule has 0 aliphatic heterocycles. The second-order valence-electron chi connectivity index (χ2n) is 5.75. The van der Waals surface area contributed by atoms with Gasteiger partial charge in [-0.25, -0.2) is 4.79 Å². The summed E-state index contributed by atoms with van der Waals surface area (Å²) in [5, 5.41) is 10.3. The van der Waals surface area contributed by atoms with E-state index in [9.17, 15) is 9.90 Å². The Kier molecular flexibility index (Phi) is 4.17. The third-order valence-corrected chi connectivity index (χ3v) is 3.80. The van der Waals surface area contributed by atoms with Crippen molar-refractivity contribution in [3.8, 4) is 0 Å². The molecule has 0 aliphatic rings. The maximum Gasteiger partial charge on any atom is 0.335 e. The molecule has 1 aromatic heterocycles. The molecule has 0 bridgehead atoms. The highest BCUT2D eigenvalue weighted by Crippen LogP contribution is 2.30. The molecule has 20 heavy (non-hydrogen) atoms. The highest BCUT2D eigenvalue weighted by molar-refractivity contribution is 5.96. The molecule has 0 fully saturated rings. The predicted octanol–water partition coefficient (Wildman–Crippen LogP) is 4.57. The molecule has 0 saturated heterocycles. The molecule has 0 spiro atoms. The fraction of sp³-hybridized carbons (Fsp3) is 0.471. The Bertz CT molecular complexity index is 638. The van der Waals surface area contributed by atoms with E-state index in [0.29, 0.717) is 11.6 Å². The Balaban J connectivity index is 2.69. The van der Waals surface area contributed by atoms with Gasteiger partial charge in [0.15, 0.2) is 0 Å². The van der Waals surface area contributed by atoms with Crippen LogP contribution in [0.25, 0.3) is 10.9 Å². The number of aromatic carboxylic acids is 1. The van der Waals surface area contributed by atoms with Crippen molar-refractivity contribution in [2.45, 2.75) is 53.0 Å². The minimum Gasteiger partial charge on any atom is -0.478 e. The molecule has 3 nitrogen and oxygen atoms in total. The molecular weight excluding hydrogens is 250 g/mol. The summed E-state index contributed by atoms with van der Waals surface area (Å²) in [6, 6.07) is 3.98. The Morgan fingerprint density at radius 2 is 2.05 bits per heavy atom. The Morgan fingerprint density at radius 3 is 2.60 bits per heavy atom. The lowest BCUT2D eigenvalue weighted by Gasteiger charge is -2.11. The summed E-state index contributed by atoms with van der Waals surface area (Å²) in [7, 11) is 0. The van der Waals surface area contributed by atoms with Crippen LogP contribution in [0.3, 0.4) is 0 Å². The van der Waals surface area contributed by atoms with Gasteiger partial charge in [0.25, 0.3) is 0 Å². The molecule has 0 amide bonds. The van der Waals surface area contributed by atoms with Crippen molar-refractivity contribution in [2.75, 3.05) is 0 Å². The zero-order valence-corrected chi connectivity index (χ0v) is 12.7. The Hall–Kier alpha value is -1.77. The van der Waals surface area contributed by atoms with Crippen LogP contribution in [0.5, 0.6) is 0 Å². The van der Waals surface area contributed by atoms with Crippen LogP contribution in [0.15, 0.2) is 18.3 Å². The molecule has 2 aromatic rings. The van der Waals surface area contributed by atoms with Gasteiger partial charge in [-0.3, -0.25) is 0 Å². The number of benzene rings is 1. The van der Waals surface area contributed by atoms with Gasteiger partial charge in [0.05, 0.1) is 11.1 Å². The monoisotopic (exact) mass is 273 g/mol. The summed E-state index contributed by atoms with van der Waals surface area (Å²) in [6.07, 6.45) is 5.48. The molecule has 108 valence electrons. The first kappa shape index (κ1) is 14.6. The number of aryl methyl sites for hydroxylation is 2. The minimum absolute atomic E-state index is 0.377. The van der Waals surface area contributed by atoms with E-state index in [0.717, 1.165) is 30.2 Å². The normalized spacial score (nSPS) is 11.4. The first-order valence-electron chi connectivity index (χ1n) is 7.33. The first-order valence-corrected chi connectivity index (χ1v) is 7.33. The van der Waals surface area contributed by atoms with E-state index < -0.39 is 5.97 Å². The lowest BCUT2D eigenvalue weighted by Crippen LogP contribution is -2.01. The second-order valence-corrected chi connectivity index (χ2v) is 5.75. The molecule has 1 aromatic carbocycles. The van der Waals surface area contributed by atoms with Gasteiger partial charge in [-0.05, 0) is 56.9 Å². The van der Waals surface area contributed by atoms with Crippen LogP contribution in [0.4, 0.5) is 0 Å². The number of unbranched alkanes of at least 4 members (excludes halogenated alkanes) is 1. The zero-order valence-electron chi connectivity index (χ0n) is 12.7. The molecular formula is C17H23NO2. The van der Waals surface area contributed by atoms with Crippen molar-refractivity contribution in [3.05, 3.63) is 35.0 Å². The summed E-state index contributed by atoms with van der Waals surface area (Å²) >= 11 is 0. The summed E-state index contributed by atoms with van der Waals surface area (Å²) in [4.78, 5) is 11.3. The Labute approximate surface area is 120 Å². The van der Waals surface area contributed by atoms with Crippen LogP contribution < -0.4 is 0 Å². The molecule has 0 aliphatic carbocycles. The fourth-order valence-electron chi connectivity index (χ4n) is 2.77. The summed E-state index contributed by atoms with van der Waals surface area (Å²) in [6.45, 7) is 8.49. The van der Waals surface area contributed by atoms with E-state index in [1.807, 2.05) is 13.0 Å². The van der Waals surface area contributed by atoms with E-state index in [4.69, 9.17) is 0 Å². The molecule has 0 saturated carbocycles. The maximum atomic E-state index is 11.3. The maximum absolute atomic E-state index is 11.3. The number of carboxylic acids is 1. The van der Waals surface area contributed by atoms with Gasteiger partial charge < -0.3 is 9.67 Å². The summed E-state index contributed by atoms with van der Waals surface area (Å²) in [5.41, 5.74) is 3.86. The number of nitrogens with zero attached hydrogens (tertiary/aromatic N) is 1.